The number of benzene rings is 1. The predicted octanol–water partition coefficient (Wildman–Crippen LogP) is 2.43. The van der Waals surface area contributed by atoms with Crippen LogP contribution in [0.2, 0.25) is 5.02 Å². The summed E-state index contributed by atoms with van der Waals surface area (Å²) in [6, 6.07) is 5.21. The maximum Gasteiger partial charge on any atom is 0.341 e. The van der Waals surface area contributed by atoms with Crippen molar-refractivity contribution >= 4 is 44.7 Å². The summed E-state index contributed by atoms with van der Waals surface area (Å²) in [5.74, 6) is -1.21. The van der Waals surface area contributed by atoms with Crippen LogP contribution in [0.3, 0.4) is 0 Å². The number of carbonyl (C=O) groups is 1. The summed E-state index contributed by atoms with van der Waals surface area (Å²) < 4.78 is 28.2. The third-order valence-corrected chi connectivity index (χ3v) is 5.59. The minimum atomic E-state index is -3.83. The summed E-state index contributed by atoms with van der Waals surface area (Å²) in [6.45, 7) is 3.69. The van der Waals surface area contributed by atoms with E-state index in [0.717, 1.165) is 22.5 Å². The van der Waals surface area contributed by atoms with Crippen LogP contribution in [0.25, 0.3) is 5.65 Å². The molecule has 0 saturated heterocycles. The van der Waals surface area contributed by atoms with Crippen molar-refractivity contribution in [3.63, 3.8) is 0 Å². The van der Waals surface area contributed by atoms with Crippen molar-refractivity contribution < 1.29 is 18.3 Å². The summed E-state index contributed by atoms with van der Waals surface area (Å²) in [7, 11) is -3.83. The van der Waals surface area contributed by atoms with E-state index < -0.39 is 16.0 Å². The highest BCUT2D eigenvalue weighted by atomic mass is 35.5. The first-order valence-electron chi connectivity index (χ1n) is 7.87. The quantitative estimate of drug-likeness (QED) is 0.570. The summed E-state index contributed by atoms with van der Waals surface area (Å²) in [4.78, 5) is 15.5. The van der Waals surface area contributed by atoms with E-state index in [-0.39, 0.29) is 28.5 Å². The Hall–Kier alpha value is -2.69. The number of rotatable bonds is 6. The van der Waals surface area contributed by atoms with Gasteiger partial charge in [0.05, 0.1) is 16.9 Å². The van der Waals surface area contributed by atoms with Gasteiger partial charge in [-0.1, -0.05) is 24.6 Å². The molecule has 0 saturated carbocycles. The number of nitrogens with one attached hydrogen (secondary N) is 2. The molecule has 0 unspecified atom stereocenters. The highest BCUT2D eigenvalue weighted by Crippen LogP contribution is 2.29. The molecule has 0 bridgehead atoms. The zero-order valence-corrected chi connectivity index (χ0v) is 16.0. The Kier molecular flexibility index (Phi) is 5.05. The van der Waals surface area contributed by atoms with E-state index in [4.69, 9.17) is 11.6 Å². The minimum absolute atomic E-state index is 0.00720. The fourth-order valence-corrected chi connectivity index (χ4v) is 3.77. The number of carboxylic acids is 1. The number of hydrogen-bond acceptors (Lipinski definition) is 6. The number of aromatic carboxylic acids is 1. The van der Waals surface area contributed by atoms with Gasteiger partial charge in [-0.2, -0.15) is 9.61 Å². The molecule has 0 amide bonds. The number of nitrogens with zero attached hydrogens (tertiary/aromatic N) is 3. The molecule has 2 aromatic heterocycles. The fourth-order valence-electron chi connectivity index (χ4n) is 2.51. The van der Waals surface area contributed by atoms with Crippen LogP contribution in [0.1, 0.15) is 22.8 Å². The molecule has 0 spiro atoms. The van der Waals surface area contributed by atoms with Crippen LogP contribution < -0.4 is 10.0 Å². The van der Waals surface area contributed by atoms with Crippen LogP contribution >= 0.6 is 11.6 Å². The molecule has 0 aliphatic carbocycles. The average Bonchev–Trinajstić information content (AvgIpc) is 3.03. The van der Waals surface area contributed by atoms with Crippen LogP contribution in [-0.4, -0.2) is 40.6 Å². The van der Waals surface area contributed by atoms with Gasteiger partial charge in [-0.3, -0.25) is 0 Å². The normalized spacial score (nSPS) is 11.7. The van der Waals surface area contributed by atoms with Gasteiger partial charge in [-0.05, 0) is 24.6 Å². The Balaban J connectivity index is 2.23. The average molecular weight is 410 g/mol. The topological polar surface area (TPSA) is 126 Å². The lowest BCUT2D eigenvalue weighted by atomic mass is 10.2. The van der Waals surface area contributed by atoms with Crippen molar-refractivity contribution in [2.24, 2.45) is 0 Å². The number of hydrogen-bond donors (Lipinski definition) is 3. The summed E-state index contributed by atoms with van der Waals surface area (Å²) in [6.07, 6.45) is 2.20. The van der Waals surface area contributed by atoms with E-state index in [1.807, 2.05) is 13.0 Å². The van der Waals surface area contributed by atoms with E-state index in [0.29, 0.717) is 10.7 Å². The van der Waals surface area contributed by atoms with Crippen molar-refractivity contribution in [1.29, 1.82) is 0 Å². The van der Waals surface area contributed by atoms with Crippen molar-refractivity contribution in [3.8, 4) is 0 Å². The number of anilines is 2. The number of sulfonamides is 1. The molecule has 9 nitrogen and oxygen atoms in total. The molecule has 0 aliphatic rings. The number of aryl methyl sites for hydroxylation is 1. The zero-order valence-electron chi connectivity index (χ0n) is 14.4. The third kappa shape index (κ3) is 3.59. The second-order valence-electron chi connectivity index (χ2n) is 5.68. The van der Waals surface area contributed by atoms with Gasteiger partial charge in [0.25, 0.3) is 0 Å². The highest BCUT2D eigenvalue weighted by Gasteiger charge is 2.24. The van der Waals surface area contributed by atoms with Crippen LogP contribution in [0.4, 0.5) is 11.5 Å². The molecule has 3 N–H and O–H groups in total. The van der Waals surface area contributed by atoms with Crippen LogP contribution in [0.15, 0.2) is 35.5 Å². The maximum absolute atomic E-state index is 12.3. The zero-order chi connectivity index (χ0) is 19.8. The van der Waals surface area contributed by atoms with Crippen LogP contribution in [0, 0.1) is 6.92 Å². The molecule has 1 aromatic carbocycles. The Morgan fingerprint density at radius 3 is 2.74 bits per heavy atom. The summed E-state index contributed by atoms with van der Waals surface area (Å²) in [5.41, 5.74) is 1.17. The Labute approximate surface area is 160 Å². The lowest BCUT2D eigenvalue weighted by Gasteiger charge is -2.13. The Bertz CT molecular complexity index is 1140. The SMILES string of the molecule is CCNS(=O)(=O)c1cnn2c(Nc3cc(C)ccc3Cl)c(C(=O)O)cnc12. The molecule has 2 heterocycles. The van der Waals surface area contributed by atoms with Crippen LogP contribution in [0.5, 0.6) is 0 Å². The van der Waals surface area contributed by atoms with Crippen molar-refractivity contribution in [2.45, 2.75) is 18.7 Å². The molecule has 3 aromatic rings. The third-order valence-electron chi connectivity index (χ3n) is 3.72. The van der Waals surface area contributed by atoms with Gasteiger partial charge in [0.15, 0.2) is 11.5 Å². The van der Waals surface area contributed by atoms with Crippen LogP contribution in [-0.2, 0) is 10.0 Å². The maximum atomic E-state index is 12.3. The molecule has 0 atom stereocenters. The molecule has 27 heavy (non-hydrogen) atoms. The molecule has 0 aliphatic heterocycles. The van der Waals surface area contributed by atoms with E-state index in [2.05, 4.69) is 20.1 Å². The second-order valence-corrected chi connectivity index (χ2v) is 7.82. The fraction of sp³-hybridized carbons (Fsp3) is 0.188. The second kappa shape index (κ2) is 7.14. The van der Waals surface area contributed by atoms with Gasteiger partial charge in [-0.15, -0.1) is 0 Å². The number of halogens is 1. The first-order chi connectivity index (χ1) is 12.7. The molecular weight excluding hydrogens is 394 g/mol. The minimum Gasteiger partial charge on any atom is -0.477 e. The largest absolute Gasteiger partial charge is 0.477 e. The summed E-state index contributed by atoms with van der Waals surface area (Å²) >= 11 is 6.19. The molecular formula is C16H16ClN5O4S. The monoisotopic (exact) mass is 409 g/mol. The smallest absolute Gasteiger partial charge is 0.341 e. The van der Waals surface area contributed by atoms with Crippen molar-refractivity contribution in [2.75, 3.05) is 11.9 Å². The first-order valence-corrected chi connectivity index (χ1v) is 9.73. The number of fused-ring (bicyclic) bond motifs is 1. The van der Waals surface area contributed by atoms with E-state index in [9.17, 15) is 18.3 Å². The standard InChI is InChI=1S/C16H16ClN5O4S/c1-3-20-27(25,26)13-8-19-22-14(10(16(23)24)7-18-15(13)22)21-12-6-9(2)4-5-11(12)17/h4-8,20-21H,3H2,1-2H3,(H,23,24). The van der Waals surface area contributed by atoms with Gasteiger partial charge in [0.2, 0.25) is 10.0 Å². The predicted molar refractivity (Wildman–Crippen MR) is 100 cm³/mol. The molecule has 0 radical (unpaired) electrons. The Morgan fingerprint density at radius 2 is 2.07 bits per heavy atom. The molecule has 0 fully saturated rings. The van der Waals surface area contributed by atoms with Crippen molar-refractivity contribution in [1.82, 2.24) is 19.3 Å². The van der Waals surface area contributed by atoms with E-state index >= 15 is 0 Å². The van der Waals surface area contributed by atoms with E-state index in [1.165, 1.54) is 0 Å². The molecule has 3 rings (SSSR count). The lowest BCUT2D eigenvalue weighted by molar-refractivity contribution is 0.0697. The number of carboxylic acid groups (broad SMARTS) is 1. The van der Waals surface area contributed by atoms with Crippen molar-refractivity contribution in [3.05, 3.63) is 46.7 Å². The van der Waals surface area contributed by atoms with Gasteiger partial charge in [0, 0.05) is 12.7 Å². The highest BCUT2D eigenvalue weighted by molar-refractivity contribution is 7.89. The van der Waals surface area contributed by atoms with Gasteiger partial charge < -0.3 is 10.4 Å². The molecule has 142 valence electrons. The van der Waals surface area contributed by atoms with Gasteiger partial charge >= 0.3 is 5.97 Å². The first kappa shape index (κ1) is 19.1. The summed E-state index contributed by atoms with van der Waals surface area (Å²) in [5, 5.41) is 16.8. The Morgan fingerprint density at radius 1 is 1.33 bits per heavy atom. The van der Waals surface area contributed by atoms with E-state index in [1.54, 1.807) is 19.1 Å². The van der Waals surface area contributed by atoms with Gasteiger partial charge in [0.1, 0.15) is 10.5 Å². The lowest BCUT2D eigenvalue weighted by Crippen LogP contribution is -2.23. The molecule has 11 heteroatoms. The van der Waals surface area contributed by atoms with Gasteiger partial charge in [-0.25, -0.2) is 22.9 Å². The number of aromatic nitrogens is 3.